The van der Waals surface area contributed by atoms with Crippen molar-refractivity contribution in [1.82, 2.24) is 0 Å². The van der Waals surface area contributed by atoms with Gasteiger partial charge < -0.3 is 0 Å². The van der Waals surface area contributed by atoms with Crippen LogP contribution in [0.4, 0.5) is 11.4 Å². The van der Waals surface area contributed by atoms with Gasteiger partial charge in [0.05, 0.1) is 10.2 Å². The van der Waals surface area contributed by atoms with E-state index in [1.807, 2.05) is 0 Å². The van der Waals surface area contributed by atoms with E-state index < -0.39 is 20.2 Å². The number of sulfonamides is 1. The second-order valence-corrected chi connectivity index (χ2v) is 6.77. The van der Waals surface area contributed by atoms with Crippen LogP contribution >= 0.6 is 15.9 Å². The molecule has 1 rings (SSSR count). The van der Waals surface area contributed by atoms with Gasteiger partial charge in [0.25, 0.3) is 5.69 Å². The van der Waals surface area contributed by atoms with Crippen LogP contribution in [0.1, 0.15) is 13.8 Å². The van der Waals surface area contributed by atoms with Crippen molar-refractivity contribution < 1.29 is 13.3 Å². The summed E-state index contributed by atoms with van der Waals surface area (Å²) < 4.78 is 25.9. The van der Waals surface area contributed by atoms with Crippen molar-refractivity contribution in [2.24, 2.45) is 0 Å². The lowest BCUT2D eigenvalue weighted by atomic mass is 10.3. The molecule has 0 saturated carbocycles. The number of anilines is 1. The highest BCUT2D eigenvalue weighted by atomic mass is 79.9. The number of nitrogens with one attached hydrogen (secondary N) is 1. The summed E-state index contributed by atoms with van der Waals surface area (Å²) in [6.07, 6.45) is 0. The van der Waals surface area contributed by atoms with Crippen LogP contribution in [0.25, 0.3) is 0 Å². The number of halogens is 1. The van der Waals surface area contributed by atoms with Gasteiger partial charge >= 0.3 is 0 Å². The molecule has 1 N–H and O–H groups in total. The third-order valence-corrected chi connectivity index (χ3v) is 4.27. The molecule has 0 saturated heterocycles. The van der Waals surface area contributed by atoms with Gasteiger partial charge in [0, 0.05) is 10.5 Å². The van der Waals surface area contributed by atoms with Gasteiger partial charge in [0.2, 0.25) is 10.0 Å². The van der Waals surface area contributed by atoms with Crippen LogP contribution in [0.5, 0.6) is 0 Å². The lowest BCUT2D eigenvalue weighted by molar-refractivity contribution is -0.384. The molecule has 0 aliphatic rings. The normalized spacial score (nSPS) is 11.5. The monoisotopic (exact) mass is 322 g/mol. The number of benzene rings is 1. The lowest BCUT2D eigenvalue weighted by Gasteiger charge is -2.10. The standard InChI is InChI=1S/C9H11BrN2O4S/c1-6(2)17(15,16)11-8-4-3-7(10)5-9(8)12(13)14/h3-6,11H,1-2H3. The fourth-order valence-electron chi connectivity index (χ4n) is 1.01. The quantitative estimate of drug-likeness (QED) is 0.681. The van der Waals surface area contributed by atoms with E-state index in [9.17, 15) is 18.5 Å². The van der Waals surface area contributed by atoms with Crippen LogP contribution in [-0.2, 0) is 10.0 Å². The molecular formula is C9H11BrN2O4S. The first-order valence-electron chi connectivity index (χ1n) is 4.69. The highest BCUT2D eigenvalue weighted by molar-refractivity contribution is 9.10. The molecule has 0 radical (unpaired) electrons. The molecule has 0 heterocycles. The van der Waals surface area contributed by atoms with Gasteiger partial charge in [0.15, 0.2) is 0 Å². The summed E-state index contributed by atoms with van der Waals surface area (Å²) in [5, 5.41) is 10.1. The molecule has 0 bridgehead atoms. The summed E-state index contributed by atoms with van der Waals surface area (Å²) in [6, 6.07) is 4.13. The van der Waals surface area contributed by atoms with E-state index >= 15 is 0 Å². The summed E-state index contributed by atoms with van der Waals surface area (Å²) in [7, 11) is -3.59. The molecule has 0 aromatic heterocycles. The Hall–Kier alpha value is -1.15. The summed E-state index contributed by atoms with van der Waals surface area (Å²) in [5.41, 5.74) is -0.324. The molecule has 0 unspecified atom stereocenters. The molecule has 0 atom stereocenters. The van der Waals surface area contributed by atoms with Crippen LogP contribution in [0.15, 0.2) is 22.7 Å². The van der Waals surface area contributed by atoms with E-state index in [0.29, 0.717) is 4.47 Å². The van der Waals surface area contributed by atoms with Crippen molar-refractivity contribution >= 4 is 37.3 Å². The minimum absolute atomic E-state index is 0.0353. The molecule has 6 nitrogen and oxygen atoms in total. The number of rotatable bonds is 4. The highest BCUT2D eigenvalue weighted by Gasteiger charge is 2.21. The van der Waals surface area contributed by atoms with Gasteiger partial charge in [-0.05, 0) is 26.0 Å². The Labute approximate surface area is 107 Å². The fraction of sp³-hybridized carbons (Fsp3) is 0.333. The fourth-order valence-corrected chi connectivity index (χ4v) is 2.08. The topological polar surface area (TPSA) is 89.3 Å². The molecule has 0 spiro atoms. The summed E-state index contributed by atoms with van der Waals surface area (Å²) in [6.45, 7) is 2.99. The van der Waals surface area contributed by atoms with Crippen LogP contribution in [0, 0.1) is 10.1 Å². The molecule has 0 aliphatic carbocycles. The largest absolute Gasteiger partial charge is 0.294 e. The maximum atomic E-state index is 11.6. The zero-order valence-electron chi connectivity index (χ0n) is 9.18. The number of hydrogen-bond acceptors (Lipinski definition) is 4. The molecular weight excluding hydrogens is 312 g/mol. The highest BCUT2D eigenvalue weighted by Crippen LogP contribution is 2.29. The minimum Gasteiger partial charge on any atom is -0.277 e. The second kappa shape index (κ2) is 5.01. The zero-order valence-corrected chi connectivity index (χ0v) is 11.6. The first-order valence-corrected chi connectivity index (χ1v) is 7.03. The molecule has 0 amide bonds. The van der Waals surface area contributed by atoms with Crippen LogP contribution in [-0.4, -0.2) is 18.6 Å². The number of nitrogens with zero attached hydrogens (tertiary/aromatic N) is 1. The Bertz CT molecular complexity index is 542. The van der Waals surface area contributed by atoms with Crippen LogP contribution < -0.4 is 4.72 Å². The molecule has 8 heteroatoms. The van der Waals surface area contributed by atoms with E-state index in [0.717, 1.165) is 0 Å². The van der Waals surface area contributed by atoms with Crippen LogP contribution in [0.3, 0.4) is 0 Å². The Morgan fingerprint density at radius 2 is 2.00 bits per heavy atom. The molecule has 1 aromatic carbocycles. The van der Waals surface area contributed by atoms with Gasteiger partial charge in [0.1, 0.15) is 5.69 Å². The Morgan fingerprint density at radius 3 is 2.47 bits per heavy atom. The number of hydrogen-bond donors (Lipinski definition) is 1. The smallest absolute Gasteiger partial charge is 0.277 e. The first-order chi connectivity index (χ1) is 7.74. The molecule has 1 aromatic rings. The maximum absolute atomic E-state index is 11.6. The molecule has 0 aliphatic heterocycles. The summed E-state index contributed by atoms with van der Waals surface area (Å²) in [4.78, 5) is 10.1. The van der Waals surface area contributed by atoms with Crippen molar-refractivity contribution in [2.75, 3.05) is 4.72 Å². The zero-order chi connectivity index (χ0) is 13.2. The Balaban J connectivity index is 3.20. The van der Waals surface area contributed by atoms with Crippen molar-refractivity contribution in [2.45, 2.75) is 19.1 Å². The van der Waals surface area contributed by atoms with Crippen LogP contribution in [0.2, 0.25) is 0 Å². The molecule has 94 valence electrons. The Morgan fingerprint density at radius 1 is 1.41 bits per heavy atom. The predicted molar refractivity (Wildman–Crippen MR) is 68.5 cm³/mol. The van der Waals surface area contributed by atoms with E-state index in [1.54, 1.807) is 0 Å². The van der Waals surface area contributed by atoms with Gasteiger partial charge in [-0.1, -0.05) is 15.9 Å². The van der Waals surface area contributed by atoms with Crippen molar-refractivity contribution in [3.63, 3.8) is 0 Å². The summed E-state index contributed by atoms with van der Waals surface area (Å²) in [5.74, 6) is 0. The third-order valence-electron chi connectivity index (χ3n) is 2.03. The number of nitro benzene ring substituents is 1. The van der Waals surface area contributed by atoms with Crippen molar-refractivity contribution in [3.05, 3.63) is 32.8 Å². The maximum Gasteiger partial charge on any atom is 0.294 e. The average Bonchev–Trinajstić information content (AvgIpc) is 2.19. The van der Waals surface area contributed by atoms with Gasteiger partial charge in [-0.25, -0.2) is 8.42 Å². The summed E-state index contributed by atoms with van der Waals surface area (Å²) >= 11 is 3.09. The Kier molecular flexibility index (Phi) is 4.10. The first kappa shape index (κ1) is 13.9. The van der Waals surface area contributed by atoms with Crippen molar-refractivity contribution in [1.29, 1.82) is 0 Å². The number of nitro groups is 1. The molecule has 17 heavy (non-hydrogen) atoms. The van der Waals surface area contributed by atoms with Crippen molar-refractivity contribution in [3.8, 4) is 0 Å². The van der Waals surface area contributed by atoms with Gasteiger partial charge in [-0.2, -0.15) is 0 Å². The third kappa shape index (κ3) is 3.40. The second-order valence-electron chi connectivity index (χ2n) is 3.61. The minimum atomic E-state index is -3.59. The SMILES string of the molecule is CC(C)S(=O)(=O)Nc1ccc(Br)cc1[N+](=O)[O-]. The van der Waals surface area contributed by atoms with E-state index in [-0.39, 0.29) is 11.4 Å². The van der Waals surface area contributed by atoms with E-state index in [1.165, 1.54) is 32.0 Å². The van der Waals surface area contributed by atoms with Gasteiger partial charge in [-0.15, -0.1) is 0 Å². The predicted octanol–water partition coefficient (Wildman–Crippen LogP) is 2.51. The van der Waals surface area contributed by atoms with Gasteiger partial charge in [-0.3, -0.25) is 14.8 Å². The van der Waals surface area contributed by atoms with E-state index in [2.05, 4.69) is 20.7 Å². The van der Waals surface area contributed by atoms with E-state index in [4.69, 9.17) is 0 Å². The molecule has 0 fully saturated rings. The average molecular weight is 323 g/mol. The lowest BCUT2D eigenvalue weighted by Crippen LogP contribution is -2.22.